The van der Waals surface area contributed by atoms with E-state index in [4.69, 9.17) is 22.1 Å². The summed E-state index contributed by atoms with van der Waals surface area (Å²) in [6.45, 7) is 7.12. The van der Waals surface area contributed by atoms with E-state index < -0.39 is 27.4 Å². The molecule has 0 spiro atoms. The number of amides is 1. The van der Waals surface area contributed by atoms with Crippen molar-refractivity contribution in [1.29, 1.82) is 0 Å². The minimum absolute atomic E-state index is 0.0399. The summed E-state index contributed by atoms with van der Waals surface area (Å²) in [7, 11) is -3.47. The van der Waals surface area contributed by atoms with Gasteiger partial charge in [-0.2, -0.15) is 0 Å². The third kappa shape index (κ3) is 7.48. The summed E-state index contributed by atoms with van der Waals surface area (Å²) >= 11 is 7.36. The first-order valence-electron chi connectivity index (χ1n) is 9.69. The molecule has 0 radical (unpaired) electrons. The number of sulfone groups is 1. The van der Waals surface area contributed by atoms with Crippen LogP contribution in [0.1, 0.15) is 51.3 Å². The van der Waals surface area contributed by atoms with E-state index >= 15 is 0 Å². The molecule has 2 unspecified atom stereocenters. The monoisotopic (exact) mass is 489 g/mol. The number of hydrogen-bond acceptors (Lipinski definition) is 8. The molecule has 1 amide bonds. The number of halogens is 1. The summed E-state index contributed by atoms with van der Waals surface area (Å²) in [4.78, 5) is 28.7. The molecular weight excluding hydrogens is 462 g/mol. The molecule has 0 aliphatic carbocycles. The highest BCUT2D eigenvalue weighted by Crippen LogP contribution is 2.41. The zero-order valence-electron chi connectivity index (χ0n) is 18.1. The first kappa shape index (κ1) is 25.6. The smallest absolute Gasteiger partial charge is 0.323 e. The van der Waals surface area contributed by atoms with Gasteiger partial charge in [0.15, 0.2) is 15.0 Å². The molecule has 1 aliphatic rings. The predicted molar refractivity (Wildman–Crippen MR) is 123 cm³/mol. The van der Waals surface area contributed by atoms with Gasteiger partial charge in [-0.3, -0.25) is 14.6 Å². The molecule has 31 heavy (non-hydrogen) atoms. The van der Waals surface area contributed by atoms with Crippen LogP contribution in [0, 0.1) is 0 Å². The maximum absolute atomic E-state index is 12.3. The number of thioether (sulfide) groups is 1. The van der Waals surface area contributed by atoms with Crippen LogP contribution in [0.3, 0.4) is 0 Å². The lowest BCUT2D eigenvalue weighted by atomic mass is 10.1. The lowest BCUT2D eigenvalue weighted by Gasteiger charge is -2.22. The van der Waals surface area contributed by atoms with Gasteiger partial charge in [0.1, 0.15) is 11.6 Å². The van der Waals surface area contributed by atoms with Gasteiger partial charge in [0, 0.05) is 12.7 Å². The van der Waals surface area contributed by atoms with Crippen LogP contribution in [0.15, 0.2) is 28.1 Å². The Morgan fingerprint density at radius 2 is 2.00 bits per heavy atom. The van der Waals surface area contributed by atoms with Crippen molar-refractivity contribution in [1.82, 2.24) is 5.32 Å². The fraction of sp³-hybridized carbons (Fsp3) is 0.550. The van der Waals surface area contributed by atoms with Crippen LogP contribution in [0.25, 0.3) is 0 Å². The highest BCUT2D eigenvalue weighted by molar-refractivity contribution is 8.14. The minimum Gasteiger partial charge on any atom is -0.459 e. The number of rotatable bonds is 6. The van der Waals surface area contributed by atoms with Crippen LogP contribution in [0.4, 0.5) is 0 Å². The maximum atomic E-state index is 12.3. The fourth-order valence-electron chi connectivity index (χ4n) is 2.85. The van der Waals surface area contributed by atoms with Crippen LogP contribution in [0.5, 0.6) is 0 Å². The van der Waals surface area contributed by atoms with Gasteiger partial charge in [0.2, 0.25) is 5.91 Å². The zero-order chi connectivity index (χ0) is 23.6. The van der Waals surface area contributed by atoms with Crippen molar-refractivity contribution in [3.63, 3.8) is 0 Å². The summed E-state index contributed by atoms with van der Waals surface area (Å²) in [6, 6.07) is 3.78. The molecule has 0 saturated carbocycles. The topological polar surface area (TPSA) is 128 Å². The highest BCUT2D eigenvalue weighted by atomic mass is 35.5. The van der Waals surface area contributed by atoms with Crippen molar-refractivity contribution in [2.45, 2.75) is 68.4 Å². The third-order valence-electron chi connectivity index (χ3n) is 4.32. The Labute approximate surface area is 192 Å². The Hall–Kier alpha value is -1.62. The quantitative estimate of drug-likeness (QED) is 0.588. The van der Waals surface area contributed by atoms with E-state index in [1.54, 1.807) is 39.0 Å². The van der Waals surface area contributed by atoms with Gasteiger partial charge in [0.25, 0.3) is 0 Å². The molecule has 8 nitrogen and oxygen atoms in total. The van der Waals surface area contributed by atoms with Crippen LogP contribution >= 0.6 is 23.4 Å². The first-order valence-corrected chi connectivity index (χ1v) is 12.8. The molecule has 172 valence electrons. The van der Waals surface area contributed by atoms with Gasteiger partial charge in [-0.15, -0.1) is 0 Å². The van der Waals surface area contributed by atoms with Gasteiger partial charge in [-0.1, -0.05) is 29.4 Å². The predicted octanol–water partition coefficient (Wildman–Crippen LogP) is 2.84. The lowest BCUT2D eigenvalue weighted by Crippen LogP contribution is -2.38. The normalized spacial score (nSPS) is 20.2. The van der Waals surface area contributed by atoms with Gasteiger partial charge in [-0.05, 0) is 51.8 Å². The largest absolute Gasteiger partial charge is 0.459 e. The van der Waals surface area contributed by atoms with E-state index in [0.29, 0.717) is 5.17 Å². The molecular formula is C20H28ClN3O5S2. The number of carbonyl (C=O) groups excluding carboxylic acids is 2. The number of nitrogens with two attached hydrogens (primary N) is 1. The van der Waals surface area contributed by atoms with E-state index in [-0.39, 0.29) is 40.0 Å². The Balaban J connectivity index is 1.95. The van der Waals surface area contributed by atoms with Crippen molar-refractivity contribution >= 4 is 50.2 Å². The molecule has 1 aromatic rings. The number of hydrogen-bond donors (Lipinski definition) is 2. The van der Waals surface area contributed by atoms with Gasteiger partial charge < -0.3 is 15.8 Å². The molecule has 3 atom stereocenters. The molecule has 1 aliphatic heterocycles. The van der Waals surface area contributed by atoms with Crippen LogP contribution < -0.4 is 11.1 Å². The number of carbonyl (C=O) groups is 2. The fourth-order valence-corrected chi connectivity index (χ4v) is 5.35. The third-order valence-corrected chi connectivity index (χ3v) is 7.25. The number of nitrogens with one attached hydrogen (secondary N) is 1. The second-order valence-electron chi connectivity index (χ2n) is 8.40. The van der Waals surface area contributed by atoms with Crippen LogP contribution in [-0.4, -0.2) is 49.4 Å². The number of nitrogens with zero attached hydrogens (tertiary/aromatic N) is 1. The van der Waals surface area contributed by atoms with Crippen molar-refractivity contribution in [3.05, 3.63) is 28.8 Å². The molecule has 0 fully saturated rings. The molecule has 0 saturated heterocycles. The Morgan fingerprint density at radius 1 is 1.35 bits per heavy atom. The lowest BCUT2D eigenvalue weighted by molar-refractivity contribution is -0.156. The molecule has 2 rings (SSSR count). The summed E-state index contributed by atoms with van der Waals surface area (Å²) < 4.78 is 29.1. The second kappa shape index (κ2) is 9.89. The number of ether oxygens (including phenoxy) is 1. The summed E-state index contributed by atoms with van der Waals surface area (Å²) in [5.41, 5.74) is 5.92. The molecule has 1 aromatic carbocycles. The maximum Gasteiger partial charge on any atom is 0.323 e. The van der Waals surface area contributed by atoms with Crippen molar-refractivity contribution in [3.8, 4) is 0 Å². The van der Waals surface area contributed by atoms with Crippen molar-refractivity contribution in [2.24, 2.45) is 10.7 Å². The Kier molecular flexibility index (Phi) is 8.18. The number of aliphatic imine (C=N–C) groups is 1. The van der Waals surface area contributed by atoms with Gasteiger partial charge in [0.05, 0.1) is 21.2 Å². The first-order chi connectivity index (χ1) is 14.2. The molecule has 0 aromatic heterocycles. The molecule has 11 heteroatoms. The summed E-state index contributed by atoms with van der Waals surface area (Å²) in [6.07, 6.45) is 1.29. The minimum atomic E-state index is -3.47. The van der Waals surface area contributed by atoms with Gasteiger partial charge in [-0.25, -0.2) is 8.42 Å². The standard InChI is InChI=1S/C20H28ClN3O5S2/c1-11-17(12-6-7-13(21)15(10-12)31(5,27)28)30-19(23-11)24-16(25)9-8-14(22)18(26)29-20(2,3)4/h6-7,10-11,14,17H,8-9,22H2,1-5H3,(H,23,24,25)/t11?,14-,17?/m0/s1. The van der Waals surface area contributed by atoms with E-state index in [0.717, 1.165) is 11.8 Å². The highest BCUT2D eigenvalue weighted by Gasteiger charge is 2.31. The Morgan fingerprint density at radius 3 is 2.58 bits per heavy atom. The van der Waals surface area contributed by atoms with E-state index in [9.17, 15) is 18.0 Å². The number of esters is 1. The summed E-state index contributed by atoms with van der Waals surface area (Å²) in [5, 5.41) is 3.16. The number of amidine groups is 1. The average Bonchev–Trinajstić information content (AvgIpc) is 2.97. The van der Waals surface area contributed by atoms with E-state index in [2.05, 4.69) is 10.3 Å². The second-order valence-corrected chi connectivity index (χ2v) is 11.9. The van der Waals surface area contributed by atoms with E-state index in [1.165, 1.54) is 11.8 Å². The summed E-state index contributed by atoms with van der Waals surface area (Å²) in [5.74, 6) is -0.864. The SMILES string of the molecule is CC1N=C(NC(=O)CC[C@H](N)C(=O)OC(C)(C)C)SC1c1ccc(Cl)c(S(C)(=O)=O)c1. The van der Waals surface area contributed by atoms with Crippen molar-refractivity contribution in [2.75, 3.05) is 6.26 Å². The average molecular weight is 490 g/mol. The van der Waals surface area contributed by atoms with Crippen LogP contribution in [0.2, 0.25) is 5.02 Å². The van der Waals surface area contributed by atoms with Gasteiger partial charge >= 0.3 is 5.97 Å². The molecule has 1 heterocycles. The zero-order valence-corrected chi connectivity index (χ0v) is 20.5. The Bertz CT molecular complexity index is 989. The molecule has 0 bridgehead atoms. The van der Waals surface area contributed by atoms with E-state index in [1.807, 2.05) is 6.92 Å². The molecule has 3 N–H and O–H groups in total. The number of benzene rings is 1. The van der Waals surface area contributed by atoms with Crippen molar-refractivity contribution < 1.29 is 22.7 Å². The van der Waals surface area contributed by atoms with Crippen LogP contribution in [-0.2, 0) is 24.2 Å².